The van der Waals surface area contributed by atoms with Crippen molar-refractivity contribution in [1.82, 2.24) is 14.8 Å². The van der Waals surface area contributed by atoms with Gasteiger partial charge in [-0.05, 0) is 54.4 Å². The van der Waals surface area contributed by atoms with E-state index in [1.165, 1.54) is 23.7 Å². The number of aromatic nitrogens is 1. The minimum atomic E-state index is -0.729. The highest BCUT2D eigenvalue weighted by Gasteiger charge is 2.52. The number of carbonyl (C=O) groups is 2. The molecular weight excluding hydrogens is 673 g/mol. The van der Waals surface area contributed by atoms with Crippen LogP contribution in [0.5, 0.6) is 11.5 Å². The molecule has 9 nitrogen and oxygen atoms in total. The highest BCUT2D eigenvalue weighted by Crippen LogP contribution is 2.39. The van der Waals surface area contributed by atoms with Crippen molar-refractivity contribution in [3.63, 3.8) is 0 Å². The first-order chi connectivity index (χ1) is 23.2. The monoisotopic (exact) mass is 709 g/mol. The molecule has 6 rings (SSSR count). The predicted molar refractivity (Wildman–Crippen MR) is 185 cm³/mol. The van der Waals surface area contributed by atoms with E-state index in [0.29, 0.717) is 57.2 Å². The average molecular weight is 711 g/mol. The number of benzene rings is 2. The van der Waals surface area contributed by atoms with Crippen LogP contribution in [0, 0.1) is 0 Å². The van der Waals surface area contributed by atoms with E-state index in [2.05, 4.69) is 14.8 Å². The molecule has 0 amide bonds. The third kappa shape index (κ3) is 7.33. The van der Waals surface area contributed by atoms with Crippen molar-refractivity contribution in [2.45, 2.75) is 37.0 Å². The molecule has 4 heterocycles. The number of nitrogens with zero attached hydrogens (tertiary/aromatic N) is 3. The Kier molecular flexibility index (Phi) is 10.6. The number of carbonyl (C=O) groups excluding carboxylic acids is 2. The van der Waals surface area contributed by atoms with Crippen LogP contribution in [0.4, 0.5) is 0 Å². The minimum absolute atomic E-state index is 0.0866. The summed E-state index contributed by atoms with van der Waals surface area (Å²) in [6.07, 6.45) is 3.28. The third-order valence-electron chi connectivity index (χ3n) is 8.94. The minimum Gasteiger partial charge on any atom is -0.493 e. The first-order valence-corrected chi connectivity index (χ1v) is 17.2. The summed E-state index contributed by atoms with van der Waals surface area (Å²) in [4.78, 5) is 37.1. The van der Waals surface area contributed by atoms with Crippen molar-refractivity contribution in [2.24, 2.45) is 0 Å². The fourth-order valence-electron chi connectivity index (χ4n) is 6.35. The number of rotatable bonds is 12. The molecule has 48 heavy (non-hydrogen) atoms. The maximum Gasteiger partial charge on any atom is 0.348 e. The van der Waals surface area contributed by atoms with Gasteiger partial charge in [-0.25, -0.2) is 4.79 Å². The second-order valence-electron chi connectivity index (χ2n) is 12.2. The van der Waals surface area contributed by atoms with Gasteiger partial charge < -0.3 is 23.8 Å². The molecule has 12 heteroatoms. The van der Waals surface area contributed by atoms with E-state index in [1.807, 2.05) is 49.5 Å². The van der Waals surface area contributed by atoms with Crippen molar-refractivity contribution in [1.29, 1.82) is 0 Å². The molecule has 0 saturated carbocycles. The van der Waals surface area contributed by atoms with Crippen molar-refractivity contribution >= 4 is 46.5 Å². The molecule has 0 aliphatic carbocycles. The lowest BCUT2D eigenvalue weighted by atomic mass is 9.73. The van der Waals surface area contributed by atoms with Crippen LogP contribution < -0.4 is 9.47 Å². The fraction of sp³-hybridized carbons (Fsp3) is 0.361. The van der Waals surface area contributed by atoms with Gasteiger partial charge in [-0.2, -0.15) is 0 Å². The number of ether oxygens (including phenoxy) is 4. The summed E-state index contributed by atoms with van der Waals surface area (Å²) >= 11 is 14.3. The van der Waals surface area contributed by atoms with Gasteiger partial charge >= 0.3 is 11.9 Å². The lowest BCUT2D eigenvalue weighted by molar-refractivity contribution is -0.163. The molecule has 0 bridgehead atoms. The zero-order valence-electron chi connectivity index (χ0n) is 27.0. The Bertz CT molecular complexity index is 1740. The zero-order chi connectivity index (χ0) is 33.8. The maximum absolute atomic E-state index is 13.6. The summed E-state index contributed by atoms with van der Waals surface area (Å²) in [6.45, 7) is 3.33. The average Bonchev–Trinajstić information content (AvgIpc) is 3.72. The van der Waals surface area contributed by atoms with Crippen molar-refractivity contribution < 1.29 is 28.5 Å². The molecule has 2 saturated heterocycles. The molecule has 2 fully saturated rings. The quantitative estimate of drug-likeness (QED) is 0.151. The van der Waals surface area contributed by atoms with Crippen LogP contribution in [0.3, 0.4) is 0 Å². The second kappa shape index (κ2) is 14.8. The van der Waals surface area contributed by atoms with Gasteiger partial charge in [-0.15, -0.1) is 11.3 Å². The molecule has 2 aliphatic rings. The molecule has 2 atom stereocenters. The van der Waals surface area contributed by atoms with Crippen molar-refractivity contribution in [2.75, 3.05) is 47.4 Å². The summed E-state index contributed by atoms with van der Waals surface area (Å²) in [6, 6.07) is 18.9. The fourth-order valence-corrected chi connectivity index (χ4v) is 7.80. The Morgan fingerprint density at radius 1 is 1.00 bits per heavy atom. The Hall–Kier alpha value is -3.67. The zero-order valence-corrected chi connectivity index (χ0v) is 29.3. The van der Waals surface area contributed by atoms with Gasteiger partial charge in [0.2, 0.25) is 0 Å². The molecule has 252 valence electrons. The second-order valence-corrected chi connectivity index (χ2v) is 14.2. The van der Waals surface area contributed by atoms with E-state index >= 15 is 0 Å². The lowest BCUT2D eigenvalue weighted by Crippen LogP contribution is -2.63. The first-order valence-electron chi connectivity index (χ1n) is 15.7. The maximum atomic E-state index is 13.6. The highest BCUT2D eigenvalue weighted by atomic mass is 35.5. The first kappa shape index (κ1) is 34.2. The SMILES string of the molecule is COc1ccc([C@H](Cc2c(Cl)cncc2Cl)OC(=O)c2ccc(CN3CC(C(=O)O[C@@H]4CCN(C)C4)(c4ccccc4)C3)s2)cc1OC. The molecule has 2 aromatic carbocycles. The van der Waals surface area contributed by atoms with Gasteiger partial charge in [0, 0.05) is 56.4 Å². The van der Waals surface area contributed by atoms with Gasteiger partial charge in [-0.3, -0.25) is 14.7 Å². The Labute approximate surface area is 294 Å². The van der Waals surface area contributed by atoms with Crippen molar-refractivity contribution in [3.8, 4) is 11.5 Å². The van der Waals surface area contributed by atoms with Crippen LogP contribution in [-0.2, 0) is 32.6 Å². The van der Waals surface area contributed by atoms with Crippen LogP contribution >= 0.6 is 34.5 Å². The van der Waals surface area contributed by atoms with E-state index in [-0.39, 0.29) is 18.5 Å². The molecule has 2 aliphatic heterocycles. The Morgan fingerprint density at radius 2 is 1.73 bits per heavy atom. The van der Waals surface area contributed by atoms with Crippen LogP contribution in [0.2, 0.25) is 10.0 Å². The molecule has 0 unspecified atom stereocenters. The summed E-state index contributed by atoms with van der Waals surface area (Å²) in [7, 11) is 5.15. The van der Waals surface area contributed by atoms with Crippen LogP contribution in [-0.4, -0.2) is 80.3 Å². The van der Waals surface area contributed by atoms with Gasteiger partial charge in [0.25, 0.3) is 0 Å². The number of esters is 2. The molecule has 0 N–H and O–H groups in total. The number of thiophene rings is 1. The number of hydrogen-bond donors (Lipinski definition) is 0. The van der Waals surface area contributed by atoms with E-state index in [0.717, 1.165) is 30.0 Å². The normalized spacial score (nSPS) is 18.1. The Balaban J connectivity index is 1.16. The Morgan fingerprint density at radius 3 is 2.40 bits per heavy atom. The largest absolute Gasteiger partial charge is 0.493 e. The summed E-state index contributed by atoms with van der Waals surface area (Å²) in [5.41, 5.74) is 1.55. The smallest absolute Gasteiger partial charge is 0.348 e. The van der Waals surface area contributed by atoms with E-state index < -0.39 is 17.5 Å². The van der Waals surface area contributed by atoms with Crippen molar-refractivity contribution in [3.05, 3.63) is 110 Å². The lowest BCUT2D eigenvalue weighted by Gasteiger charge is -2.48. The number of likely N-dealkylation sites (N-methyl/N-ethyl adjacent to an activating group) is 1. The molecular formula is C36H37Cl2N3O6S. The number of pyridine rings is 1. The van der Waals surface area contributed by atoms with Gasteiger partial charge in [0.1, 0.15) is 22.5 Å². The third-order valence-corrected chi connectivity index (χ3v) is 10.6. The standard InChI is InChI=1S/C36H37Cl2N3O6S/c1-40-14-13-25(19-40)46-35(43)36(24-7-5-4-6-8-24)21-41(22-36)20-26-10-12-33(48-26)34(42)47-31(16-27-28(37)17-39-18-29(27)38)23-9-11-30(44-2)32(15-23)45-3/h4-12,15,17-18,25,31H,13-14,16,19-22H2,1-3H3/t25-,31+/m1/s1. The summed E-state index contributed by atoms with van der Waals surface area (Å²) in [5, 5.41) is 0.756. The van der Waals surface area contributed by atoms with E-state index in [1.54, 1.807) is 32.4 Å². The molecule has 2 aromatic heterocycles. The topological polar surface area (TPSA) is 90.4 Å². The number of halogens is 2. The van der Waals surface area contributed by atoms with E-state index in [9.17, 15) is 9.59 Å². The van der Waals surface area contributed by atoms with Crippen LogP contribution in [0.25, 0.3) is 0 Å². The van der Waals surface area contributed by atoms with E-state index in [4.69, 9.17) is 42.1 Å². The number of likely N-dealkylation sites (tertiary alicyclic amines) is 2. The predicted octanol–water partition coefficient (Wildman–Crippen LogP) is 6.61. The van der Waals surface area contributed by atoms with Gasteiger partial charge in [-0.1, -0.05) is 59.6 Å². The molecule has 4 aromatic rings. The summed E-state index contributed by atoms with van der Waals surface area (Å²) in [5.74, 6) is 0.411. The van der Waals surface area contributed by atoms with Gasteiger partial charge in [0.05, 0.1) is 24.3 Å². The van der Waals surface area contributed by atoms with Crippen LogP contribution in [0.15, 0.2) is 73.1 Å². The molecule has 0 radical (unpaired) electrons. The number of hydrogen-bond acceptors (Lipinski definition) is 10. The molecule has 0 spiro atoms. The van der Waals surface area contributed by atoms with Crippen LogP contribution in [0.1, 0.15) is 43.8 Å². The summed E-state index contributed by atoms with van der Waals surface area (Å²) < 4.78 is 23.1. The number of methoxy groups -OCH3 is 2. The highest BCUT2D eigenvalue weighted by molar-refractivity contribution is 7.13. The van der Waals surface area contributed by atoms with Gasteiger partial charge in [0.15, 0.2) is 11.5 Å².